The van der Waals surface area contributed by atoms with Crippen LogP contribution in [0.3, 0.4) is 0 Å². The number of rotatable bonds is 5. The average molecular weight is 480 g/mol. The summed E-state index contributed by atoms with van der Waals surface area (Å²) in [5, 5.41) is 5.28. The predicted molar refractivity (Wildman–Crippen MR) is 115 cm³/mol. The van der Waals surface area contributed by atoms with E-state index in [1.54, 1.807) is 13.0 Å². The summed E-state index contributed by atoms with van der Waals surface area (Å²) in [6.07, 6.45) is 0.646. The fourth-order valence-electron chi connectivity index (χ4n) is 3.94. The smallest absolute Gasteiger partial charge is 0.338 e. The molecule has 9 nitrogen and oxygen atoms in total. The molecule has 32 heavy (non-hydrogen) atoms. The maximum Gasteiger partial charge on any atom is 0.338 e. The third-order valence-electron chi connectivity index (χ3n) is 5.48. The first kappa shape index (κ1) is 22.3. The van der Waals surface area contributed by atoms with Gasteiger partial charge < -0.3 is 14.6 Å². The van der Waals surface area contributed by atoms with Gasteiger partial charge in [0.1, 0.15) is 5.76 Å². The fraction of sp³-hybridized carbons (Fsp3) is 0.381. The number of carbonyl (C=O) groups excluding carboxylic acids is 4. The van der Waals surface area contributed by atoms with Gasteiger partial charge >= 0.3 is 5.97 Å². The molecule has 2 aliphatic rings. The van der Waals surface area contributed by atoms with Gasteiger partial charge in [0.25, 0.3) is 5.91 Å². The molecule has 2 aromatic rings. The van der Waals surface area contributed by atoms with Gasteiger partial charge in [-0.3, -0.25) is 19.3 Å². The third-order valence-corrected chi connectivity index (χ3v) is 6.58. The van der Waals surface area contributed by atoms with E-state index in [4.69, 9.17) is 32.5 Å². The molecule has 168 valence electrons. The average Bonchev–Trinajstić information content (AvgIpc) is 3.27. The molecule has 1 aliphatic carbocycles. The standard InChI is InChI=1S/C21H19Cl2N3O6/c1-10-5-17(25-32-10)24-18(27)9-31-21(30)11-3-2-4-12(6-11)26-19(28)13-7-15(22)16(23)8-14(13)20(26)29/h2-6,13-16H,7-9H2,1H3,(H,24,25,27)/t13-,14+,15+,16-. The van der Waals surface area contributed by atoms with Gasteiger partial charge in [-0.25, -0.2) is 4.79 Å². The predicted octanol–water partition coefficient (Wildman–Crippen LogP) is 2.89. The van der Waals surface area contributed by atoms with Crippen LogP contribution in [0.1, 0.15) is 29.0 Å². The second kappa shape index (κ2) is 8.91. The second-order valence-corrected chi connectivity index (χ2v) is 8.85. The summed E-state index contributed by atoms with van der Waals surface area (Å²) in [7, 11) is 0. The van der Waals surface area contributed by atoms with Crippen LogP contribution >= 0.6 is 23.2 Å². The van der Waals surface area contributed by atoms with Crippen LogP contribution in [0.15, 0.2) is 34.9 Å². The summed E-state index contributed by atoms with van der Waals surface area (Å²) in [4.78, 5) is 51.2. The molecule has 4 rings (SSSR count). The Bertz CT molecular complexity index is 1060. The molecule has 1 aliphatic heterocycles. The Hall–Kier alpha value is -2.91. The Balaban J connectivity index is 1.43. The Kier molecular flexibility index (Phi) is 6.21. The van der Waals surface area contributed by atoms with Crippen molar-refractivity contribution in [2.24, 2.45) is 11.8 Å². The molecule has 1 aromatic carbocycles. The molecule has 0 radical (unpaired) electrons. The Morgan fingerprint density at radius 3 is 2.41 bits per heavy atom. The van der Waals surface area contributed by atoms with E-state index in [9.17, 15) is 19.2 Å². The number of fused-ring (bicyclic) bond motifs is 1. The van der Waals surface area contributed by atoms with Crippen molar-refractivity contribution in [1.82, 2.24) is 5.16 Å². The number of hydrogen-bond acceptors (Lipinski definition) is 7. The second-order valence-electron chi connectivity index (χ2n) is 7.73. The number of ether oxygens (including phenoxy) is 1. The number of halogens is 2. The van der Waals surface area contributed by atoms with Crippen LogP contribution in [0.5, 0.6) is 0 Å². The SMILES string of the molecule is Cc1cc(NC(=O)COC(=O)c2cccc(N3C(=O)[C@H]4C[C@@H](Cl)[C@@H](Cl)C[C@H]4C3=O)c2)no1. The summed E-state index contributed by atoms with van der Waals surface area (Å²) in [5.41, 5.74) is 0.345. The van der Waals surface area contributed by atoms with Crippen LogP contribution in [-0.2, 0) is 19.1 Å². The first-order valence-electron chi connectivity index (χ1n) is 9.91. The van der Waals surface area contributed by atoms with Crippen molar-refractivity contribution < 1.29 is 28.4 Å². The number of amides is 3. The number of esters is 1. The molecule has 4 atom stereocenters. The van der Waals surface area contributed by atoms with Crippen molar-refractivity contribution in [3.05, 3.63) is 41.7 Å². The molecule has 0 bridgehead atoms. The van der Waals surface area contributed by atoms with Crippen LogP contribution in [0.4, 0.5) is 11.5 Å². The maximum atomic E-state index is 12.9. The fourth-order valence-corrected chi connectivity index (χ4v) is 4.53. The molecule has 2 heterocycles. The number of carbonyl (C=O) groups is 4. The summed E-state index contributed by atoms with van der Waals surface area (Å²) >= 11 is 12.4. The Morgan fingerprint density at radius 2 is 1.81 bits per heavy atom. The molecule has 1 saturated heterocycles. The minimum absolute atomic E-state index is 0.0912. The minimum atomic E-state index is -0.781. The monoisotopic (exact) mass is 479 g/mol. The minimum Gasteiger partial charge on any atom is -0.452 e. The summed E-state index contributed by atoms with van der Waals surface area (Å²) < 4.78 is 9.87. The third kappa shape index (κ3) is 4.35. The highest BCUT2D eigenvalue weighted by Gasteiger charge is 2.52. The topological polar surface area (TPSA) is 119 Å². The number of aryl methyl sites for hydroxylation is 1. The number of anilines is 2. The van der Waals surface area contributed by atoms with Crippen molar-refractivity contribution in [3.8, 4) is 0 Å². The van der Waals surface area contributed by atoms with E-state index in [-0.39, 0.29) is 39.6 Å². The van der Waals surface area contributed by atoms with Crippen molar-refractivity contribution in [2.75, 3.05) is 16.8 Å². The van der Waals surface area contributed by atoms with Gasteiger partial charge in [-0.15, -0.1) is 23.2 Å². The van der Waals surface area contributed by atoms with Gasteiger partial charge in [0.2, 0.25) is 11.8 Å². The molecule has 2 fully saturated rings. The van der Waals surface area contributed by atoms with E-state index >= 15 is 0 Å². The van der Waals surface area contributed by atoms with Crippen molar-refractivity contribution >= 4 is 58.4 Å². The number of alkyl halides is 2. The van der Waals surface area contributed by atoms with Gasteiger partial charge in [0.15, 0.2) is 12.4 Å². The van der Waals surface area contributed by atoms with Gasteiger partial charge in [-0.05, 0) is 38.0 Å². The quantitative estimate of drug-likeness (QED) is 0.397. The van der Waals surface area contributed by atoms with Crippen LogP contribution in [0.2, 0.25) is 0 Å². The summed E-state index contributed by atoms with van der Waals surface area (Å²) in [6, 6.07) is 7.45. The van der Waals surface area contributed by atoms with E-state index in [0.29, 0.717) is 18.6 Å². The van der Waals surface area contributed by atoms with Gasteiger partial charge in [0, 0.05) is 6.07 Å². The molecular formula is C21H19Cl2N3O6. The van der Waals surface area contributed by atoms with Crippen molar-refractivity contribution in [3.63, 3.8) is 0 Å². The highest BCUT2D eigenvalue weighted by atomic mass is 35.5. The molecule has 0 spiro atoms. The van der Waals surface area contributed by atoms with Crippen molar-refractivity contribution in [1.29, 1.82) is 0 Å². The Morgan fingerprint density at radius 1 is 1.16 bits per heavy atom. The molecule has 0 unspecified atom stereocenters. The van der Waals surface area contributed by atoms with Crippen molar-refractivity contribution in [2.45, 2.75) is 30.5 Å². The Labute approximate surface area is 192 Å². The van der Waals surface area contributed by atoms with Gasteiger partial charge in [-0.1, -0.05) is 11.2 Å². The van der Waals surface area contributed by atoms with E-state index < -0.39 is 30.3 Å². The first-order valence-corrected chi connectivity index (χ1v) is 10.8. The largest absolute Gasteiger partial charge is 0.452 e. The number of nitrogens with zero attached hydrogens (tertiary/aromatic N) is 2. The lowest BCUT2D eigenvalue weighted by molar-refractivity contribution is -0.122. The van der Waals surface area contributed by atoms with E-state index in [2.05, 4.69) is 10.5 Å². The zero-order chi connectivity index (χ0) is 23.0. The molecule has 11 heteroatoms. The molecular weight excluding hydrogens is 461 g/mol. The van der Waals surface area contributed by atoms with Crippen LogP contribution < -0.4 is 10.2 Å². The lowest BCUT2D eigenvalue weighted by atomic mass is 9.80. The lowest BCUT2D eigenvalue weighted by Crippen LogP contribution is -2.34. The van der Waals surface area contributed by atoms with E-state index in [1.807, 2.05) is 0 Å². The number of hydrogen-bond donors (Lipinski definition) is 1. The highest BCUT2D eigenvalue weighted by molar-refractivity contribution is 6.31. The molecule has 1 saturated carbocycles. The maximum absolute atomic E-state index is 12.9. The van der Waals surface area contributed by atoms with Crippen LogP contribution in [-0.4, -0.2) is 46.2 Å². The lowest BCUT2D eigenvalue weighted by Gasteiger charge is -2.28. The summed E-state index contributed by atoms with van der Waals surface area (Å²) in [6.45, 7) is 1.12. The van der Waals surface area contributed by atoms with Crippen LogP contribution in [0, 0.1) is 18.8 Å². The molecule has 1 aromatic heterocycles. The number of nitrogens with one attached hydrogen (secondary N) is 1. The number of imide groups is 1. The van der Waals surface area contributed by atoms with E-state index in [0.717, 1.165) is 4.90 Å². The van der Waals surface area contributed by atoms with E-state index in [1.165, 1.54) is 24.3 Å². The van der Waals surface area contributed by atoms with Gasteiger partial charge in [-0.2, -0.15) is 0 Å². The summed E-state index contributed by atoms with van der Waals surface area (Å²) in [5.74, 6) is -2.43. The first-order chi connectivity index (χ1) is 15.2. The molecule has 1 N–H and O–H groups in total. The highest BCUT2D eigenvalue weighted by Crippen LogP contribution is 2.43. The zero-order valence-corrected chi connectivity index (χ0v) is 18.4. The number of benzene rings is 1. The normalized spacial score (nSPS) is 24.9. The zero-order valence-electron chi connectivity index (χ0n) is 16.9. The van der Waals surface area contributed by atoms with Gasteiger partial charge in [0.05, 0.1) is 33.8 Å². The molecule has 3 amide bonds. The van der Waals surface area contributed by atoms with Crippen LogP contribution in [0.25, 0.3) is 0 Å². The number of aromatic nitrogens is 1.